The average molecular weight is 280 g/mol. The number of carbonyl (C=O) groups excluding carboxylic acids is 1. The zero-order chi connectivity index (χ0) is 11.2. The van der Waals surface area contributed by atoms with Crippen LogP contribution in [0.25, 0.3) is 0 Å². The van der Waals surface area contributed by atoms with Crippen LogP contribution in [0.5, 0.6) is 0 Å². The SMILES string of the molecule is O=C1NCC(c2ccccc2Br)C12CCC2. The van der Waals surface area contributed by atoms with Gasteiger partial charge in [-0.1, -0.05) is 40.5 Å². The van der Waals surface area contributed by atoms with Crippen molar-refractivity contribution in [3.8, 4) is 0 Å². The summed E-state index contributed by atoms with van der Waals surface area (Å²) in [5.74, 6) is 0.615. The minimum Gasteiger partial charge on any atom is -0.355 e. The molecule has 1 spiro atoms. The predicted molar refractivity (Wildman–Crippen MR) is 66.2 cm³/mol. The molecule has 1 atom stereocenters. The van der Waals surface area contributed by atoms with Gasteiger partial charge in [-0.15, -0.1) is 0 Å². The van der Waals surface area contributed by atoms with E-state index in [1.54, 1.807) is 0 Å². The number of hydrogen-bond donors (Lipinski definition) is 1. The van der Waals surface area contributed by atoms with E-state index in [2.05, 4.69) is 39.4 Å². The molecular weight excluding hydrogens is 266 g/mol. The molecule has 2 aliphatic rings. The van der Waals surface area contributed by atoms with E-state index < -0.39 is 0 Å². The zero-order valence-corrected chi connectivity index (χ0v) is 10.6. The maximum atomic E-state index is 11.9. The Bertz CT molecular complexity index is 439. The number of rotatable bonds is 1. The van der Waals surface area contributed by atoms with Crippen LogP contribution in [0.15, 0.2) is 28.7 Å². The molecule has 84 valence electrons. The normalized spacial score (nSPS) is 26.6. The monoisotopic (exact) mass is 279 g/mol. The highest BCUT2D eigenvalue weighted by Gasteiger charge is 2.54. The van der Waals surface area contributed by atoms with Crippen LogP contribution >= 0.6 is 15.9 Å². The standard InChI is InChI=1S/C13H14BrNO/c14-11-5-2-1-4-9(11)10-8-15-12(16)13(10)6-3-7-13/h1-2,4-5,10H,3,6-8H2,(H,15,16). The Balaban J connectivity index is 2.02. The summed E-state index contributed by atoms with van der Waals surface area (Å²) in [6.45, 7) is 0.793. The third kappa shape index (κ3) is 1.27. The van der Waals surface area contributed by atoms with Gasteiger partial charge < -0.3 is 5.32 Å². The molecule has 16 heavy (non-hydrogen) atoms. The number of hydrogen-bond acceptors (Lipinski definition) is 1. The van der Waals surface area contributed by atoms with Crippen LogP contribution in [-0.4, -0.2) is 12.5 Å². The van der Waals surface area contributed by atoms with Crippen LogP contribution in [-0.2, 0) is 4.79 Å². The van der Waals surface area contributed by atoms with E-state index in [1.165, 1.54) is 12.0 Å². The van der Waals surface area contributed by atoms with E-state index in [-0.39, 0.29) is 11.3 Å². The van der Waals surface area contributed by atoms with Crippen LogP contribution in [0.1, 0.15) is 30.7 Å². The van der Waals surface area contributed by atoms with Gasteiger partial charge >= 0.3 is 0 Å². The Kier molecular flexibility index (Phi) is 2.32. The number of nitrogens with one attached hydrogen (secondary N) is 1. The largest absolute Gasteiger partial charge is 0.355 e. The first-order valence-corrected chi connectivity index (χ1v) is 6.56. The van der Waals surface area contributed by atoms with Crippen molar-refractivity contribution in [2.24, 2.45) is 5.41 Å². The molecule has 3 rings (SSSR count). The van der Waals surface area contributed by atoms with Crippen molar-refractivity contribution in [2.75, 3.05) is 6.54 Å². The second-order valence-corrected chi connectivity index (χ2v) is 5.65. The first kappa shape index (κ1) is 10.3. The minimum absolute atomic E-state index is 0.0934. The minimum atomic E-state index is -0.0934. The van der Waals surface area contributed by atoms with Crippen LogP contribution in [0, 0.1) is 5.41 Å². The molecule has 1 saturated heterocycles. The fraction of sp³-hybridized carbons (Fsp3) is 0.462. The molecular formula is C13H14BrNO. The van der Waals surface area contributed by atoms with Gasteiger partial charge in [-0.25, -0.2) is 0 Å². The lowest BCUT2D eigenvalue weighted by atomic mass is 9.61. The lowest BCUT2D eigenvalue weighted by Crippen LogP contribution is -2.40. The summed E-state index contributed by atoms with van der Waals surface area (Å²) in [6.07, 6.45) is 3.28. The third-order valence-corrected chi connectivity index (χ3v) is 4.83. The molecule has 1 aromatic rings. The first-order chi connectivity index (χ1) is 7.74. The van der Waals surface area contributed by atoms with E-state index in [4.69, 9.17) is 0 Å². The van der Waals surface area contributed by atoms with Gasteiger partial charge in [-0.3, -0.25) is 4.79 Å². The van der Waals surface area contributed by atoms with Crippen molar-refractivity contribution in [2.45, 2.75) is 25.2 Å². The van der Waals surface area contributed by atoms with Gasteiger partial charge in [-0.05, 0) is 24.5 Å². The highest BCUT2D eigenvalue weighted by atomic mass is 79.9. The molecule has 1 aromatic carbocycles. The van der Waals surface area contributed by atoms with Gasteiger partial charge in [0.25, 0.3) is 0 Å². The molecule has 2 fully saturated rings. The first-order valence-electron chi connectivity index (χ1n) is 5.77. The maximum Gasteiger partial charge on any atom is 0.226 e. The molecule has 3 heteroatoms. The Morgan fingerprint density at radius 1 is 1.31 bits per heavy atom. The Morgan fingerprint density at radius 3 is 2.69 bits per heavy atom. The van der Waals surface area contributed by atoms with Gasteiger partial charge in [0.05, 0.1) is 5.41 Å². The highest BCUT2D eigenvalue weighted by Crippen LogP contribution is 2.54. The number of carbonyl (C=O) groups is 1. The van der Waals surface area contributed by atoms with Gasteiger partial charge in [0.2, 0.25) is 5.91 Å². The molecule has 1 aliphatic carbocycles. The quantitative estimate of drug-likeness (QED) is 0.842. The molecule has 0 aromatic heterocycles. The maximum absolute atomic E-state index is 11.9. The molecule has 2 nitrogen and oxygen atoms in total. The molecule has 1 N–H and O–H groups in total. The second-order valence-electron chi connectivity index (χ2n) is 4.79. The van der Waals surface area contributed by atoms with Gasteiger partial charge in [-0.2, -0.15) is 0 Å². The number of halogens is 1. The van der Waals surface area contributed by atoms with Gasteiger partial charge in [0, 0.05) is 16.9 Å². The summed E-state index contributed by atoms with van der Waals surface area (Å²) < 4.78 is 1.13. The van der Waals surface area contributed by atoms with E-state index in [1.807, 2.05) is 6.07 Å². The smallest absolute Gasteiger partial charge is 0.226 e. The molecule has 1 amide bonds. The zero-order valence-electron chi connectivity index (χ0n) is 9.00. The van der Waals surface area contributed by atoms with E-state index in [0.29, 0.717) is 5.92 Å². The summed E-state index contributed by atoms with van der Waals surface area (Å²) in [4.78, 5) is 11.9. The topological polar surface area (TPSA) is 29.1 Å². The van der Waals surface area contributed by atoms with Crippen molar-refractivity contribution in [3.63, 3.8) is 0 Å². The average Bonchev–Trinajstić information content (AvgIpc) is 2.56. The van der Waals surface area contributed by atoms with Crippen LogP contribution in [0.3, 0.4) is 0 Å². The van der Waals surface area contributed by atoms with E-state index in [0.717, 1.165) is 23.9 Å². The fourth-order valence-corrected chi connectivity index (χ4v) is 3.58. The van der Waals surface area contributed by atoms with Crippen LogP contribution in [0.2, 0.25) is 0 Å². The summed E-state index contributed by atoms with van der Waals surface area (Å²) in [6, 6.07) is 8.26. The van der Waals surface area contributed by atoms with Crippen molar-refractivity contribution in [1.82, 2.24) is 5.32 Å². The molecule has 1 unspecified atom stereocenters. The van der Waals surface area contributed by atoms with E-state index in [9.17, 15) is 4.79 Å². The van der Waals surface area contributed by atoms with Crippen molar-refractivity contribution in [1.29, 1.82) is 0 Å². The van der Waals surface area contributed by atoms with Gasteiger partial charge in [0.15, 0.2) is 0 Å². The number of benzene rings is 1. The Hall–Kier alpha value is -0.830. The van der Waals surface area contributed by atoms with Crippen molar-refractivity contribution >= 4 is 21.8 Å². The highest BCUT2D eigenvalue weighted by molar-refractivity contribution is 9.10. The molecule has 0 bridgehead atoms. The van der Waals surface area contributed by atoms with E-state index >= 15 is 0 Å². The lowest BCUT2D eigenvalue weighted by molar-refractivity contribution is -0.132. The summed E-state index contributed by atoms with van der Waals surface area (Å²) in [5, 5.41) is 3.03. The summed E-state index contributed by atoms with van der Waals surface area (Å²) in [5.41, 5.74) is 1.18. The fourth-order valence-electron chi connectivity index (χ4n) is 3.02. The Morgan fingerprint density at radius 2 is 2.06 bits per heavy atom. The van der Waals surface area contributed by atoms with Crippen LogP contribution in [0.4, 0.5) is 0 Å². The molecule has 1 heterocycles. The second kappa shape index (κ2) is 3.59. The summed E-state index contributed by atoms with van der Waals surface area (Å²) >= 11 is 3.59. The molecule has 1 aliphatic heterocycles. The Labute approximate surface area is 104 Å². The van der Waals surface area contributed by atoms with Crippen molar-refractivity contribution < 1.29 is 4.79 Å². The van der Waals surface area contributed by atoms with Crippen molar-refractivity contribution in [3.05, 3.63) is 34.3 Å². The molecule has 1 saturated carbocycles. The predicted octanol–water partition coefficient (Wildman–Crippen LogP) is 2.83. The van der Waals surface area contributed by atoms with Gasteiger partial charge in [0.1, 0.15) is 0 Å². The lowest BCUT2D eigenvalue weighted by Gasteiger charge is -2.40. The van der Waals surface area contributed by atoms with Crippen LogP contribution < -0.4 is 5.32 Å². The molecule has 0 radical (unpaired) electrons. The third-order valence-electron chi connectivity index (χ3n) is 4.11. The summed E-state index contributed by atoms with van der Waals surface area (Å²) in [7, 11) is 0. The number of amides is 1.